The van der Waals surface area contributed by atoms with E-state index in [-0.39, 0.29) is 24.5 Å². The van der Waals surface area contributed by atoms with Gasteiger partial charge in [0.1, 0.15) is 5.82 Å². The van der Waals surface area contributed by atoms with Gasteiger partial charge in [0.05, 0.1) is 0 Å². The average molecular weight is 239 g/mol. The van der Waals surface area contributed by atoms with Crippen molar-refractivity contribution < 1.29 is 14.3 Å². The minimum absolute atomic E-state index is 0.0201. The van der Waals surface area contributed by atoms with E-state index in [0.29, 0.717) is 12.0 Å². The van der Waals surface area contributed by atoms with Gasteiger partial charge in [-0.1, -0.05) is 19.9 Å². The Balaban J connectivity index is 2.70. The van der Waals surface area contributed by atoms with Gasteiger partial charge in [0.25, 0.3) is 5.91 Å². The molecule has 0 aromatic heterocycles. The molecule has 0 fully saturated rings. The molecule has 1 amide bonds. The van der Waals surface area contributed by atoms with Crippen LogP contribution >= 0.6 is 0 Å². The summed E-state index contributed by atoms with van der Waals surface area (Å²) in [5.74, 6) is -0.516. The summed E-state index contributed by atoms with van der Waals surface area (Å²) in [5, 5.41) is 11.7. The summed E-state index contributed by atoms with van der Waals surface area (Å²) in [6, 6.07) is 5.46. The second kappa shape index (κ2) is 6.35. The van der Waals surface area contributed by atoms with Gasteiger partial charge in [-0.25, -0.2) is 4.39 Å². The first-order valence-corrected chi connectivity index (χ1v) is 5.72. The maximum absolute atomic E-state index is 13.0. The molecule has 1 aromatic rings. The molecule has 0 heterocycles. The Labute approximate surface area is 101 Å². The van der Waals surface area contributed by atoms with Crippen molar-refractivity contribution in [2.75, 3.05) is 6.61 Å². The largest absolute Gasteiger partial charge is 0.396 e. The number of carbonyl (C=O) groups is 1. The van der Waals surface area contributed by atoms with Gasteiger partial charge in [0.15, 0.2) is 0 Å². The van der Waals surface area contributed by atoms with Crippen LogP contribution in [0.1, 0.15) is 30.6 Å². The second-order valence-corrected chi connectivity index (χ2v) is 4.35. The molecule has 0 bridgehead atoms. The maximum Gasteiger partial charge on any atom is 0.251 e. The molecule has 1 aromatic carbocycles. The molecule has 1 atom stereocenters. The van der Waals surface area contributed by atoms with Gasteiger partial charge in [-0.3, -0.25) is 4.79 Å². The van der Waals surface area contributed by atoms with E-state index in [9.17, 15) is 9.18 Å². The predicted molar refractivity (Wildman–Crippen MR) is 64.2 cm³/mol. The normalized spacial score (nSPS) is 12.5. The lowest BCUT2D eigenvalue weighted by Crippen LogP contribution is -2.39. The lowest BCUT2D eigenvalue weighted by atomic mass is 10.0. The Morgan fingerprint density at radius 2 is 2.18 bits per heavy atom. The number of carbonyl (C=O) groups excluding carboxylic acids is 1. The fraction of sp³-hybridized carbons (Fsp3) is 0.462. The summed E-state index contributed by atoms with van der Waals surface area (Å²) in [6.07, 6.45) is 0.499. The summed E-state index contributed by atoms with van der Waals surface area (Å²) in [5.41, 5.74) is 0.300. The van der Waals surface area contributed by atoms with Crippen molar-refractivity contribution in [1.29, 1.82) is 0 Å². The number of aliphatic hydroxyl groups excluding tert-OH is 1. The third-order valence-corrected chi connectivity index (χ3v) is 2.65. The molecule has 0 saturated carbocycles. The number of nitrogens with one attached hydrogen (secondary N) is 1. The monoisotopic (exact) mass is 239 g/mol. The Bertz CT molecular complexity index is 379. The van der Waals surface area contributed by atoms with Gasteiger partial charge >= 0.3 is 0 Å². The van der Waals surface area contributed by atoms with Crippen molar-refractivity contribution in [3.05, 3.63) is 35.6 Å². The molecular formula is C13H18FNO2. The van der Waals surface area contributed by atoms with Gasteiger partial charge in [-0.15, -0.1) is 0 Å². The molecule has 3 nitrogen and oxygen atoms in total. The minimum atomic E-state index is -0.430. The number of benzene rings is 1. The SMILES string of the molecule is CC(C)C(CCO)NC(=O)c1cccc(F)c1. The van der Waals surface area contributed by atoms with Crippen molar-refractivity contribution >= 4 is 5.91 Å². The first-order valence-electron chi connectivity index (χ1n) is 5.72. The van der Waals surface area contributed by atoms with Gasteiger partial charge < -0.3 is 10.4 Å². The van der Waals surface area contributed by atoms with Crippen LogP contribution in [0.25, 0.3) is 0 Å². The number of aliphatic hydroxyl groups is 1. The van der Waals surface area contributed by atoms with Crippen molar-refractivity contribution in [1.82, 2.24) is 5.32 Å². The van der Waals surface area contributed by atoms with E-state index in [1.807, 2.05) is 13.8 Å². The molecule has 94 valence electrons. The standard InChI is InChI=1S/C13H18FNO2/c1-9(2)12(6-7-16)15-13(17)10-4-3-5-11(14)8-10/h3-5,8-9,12,16H,6-7H2,1-2H3,(H,15,17). The third kappa shape index (κ3) is 4.15. The Morgan fingerprint density at radius 1 is 1.47 bits per heavy atom. The van der Waals surface area contributed by atoms with Crippen LogP contribution in [0.5, 0.6) is 0 Å². The van der Waals surface area contributed by atoms with E-state index in [1.54, 1.807) is 6.07 Å². The Morgan fingerprint density at radius 3 is 2.71 bits per heavy atom. The highest BCUT2D eigenvalue weighted by Crippen LogP contribution is 2.08. The fourth-order valence-electron chi connectivity index (χ4n) is 1.59. The minimum Gasteiger partial charge on any atom is -0.396 e. The molecule has 0 radical (unpaired) electrons. The summed E-state index contributed by atoms with van der Waals surface area (Å²) in [6.45, 7) is 3.95. The highest BCUT2D eigenvalue weighted by molar-refractivity contribution is 5.94. The van der Waals surface area contributed by atoms with Gasteiger partial charge in [-0.05, 0) is 30.5 Å². The summed E-state index contributed by atoms with van der Waals surface area (Å²) >= 11 is 0. The van der Waals surface area contributed by atoms with Crippen LogP contribution < -0.4 is 5.32 Å². The number of halogens is 1. The lowest BCUT2D eigenvalue weighted by molar-refractivity contribution is 0.0916. The van der Waals surface area contributed by atoms with Crippen LogP contribution in [0.4, 0.5) is 4.39 Å². The Hall–Kier alpha value is -1.42. The lowest BCUT2D eigenvalue weighted by Gasteiger charge is -2.21. The van der Waals surface area contributed by atoms with Crippen LogP contribution in [0.3, 0.4) is 0 Å². The van der Waals surface area contributed by atoms with Crippen molar-refractivity contribution in [3.8, 4) is 0 Å². The third-order valence-electron chi connectivity index (χ3n) is 2.65. The van der Waals surface area contributed by atoms with Crippen molar-refractivity contribution in [3.63, 3.8) is 0 Å². The zero-order chi connectivity index (χ0) is 12.8. The van der Waals surface area contributed by atoms with Crippen molar-refractivity contribution in [2.24, 2.45) is 5.92 Å². The van der Waals surface area contributed by atoms with Crippen LogP contribution in [0.2, 0.25) is 0 Å². The summed E-state index contributed by atoms with van der Waals surface area (Å²) in [7, 11) is 0. The molecule has 1 rings (SSSR count). The molecule has 0 aliphatic rings. The molecule has 2 N–H and O–H groups in total. The first kappa shape index (κ1) is 13.6. The quantitative estimate of drug-likeness (QED) is 0.825. The molecule has 0 aliphatic carbocycles. The zero-order valence-corrected chi connectivity index (χ0v) is 10.1. The maximum atomic E-state index is 13.0. The van der Waals surface area contributed by atoms with Crippen LogP contribution in [-0.2, 0) is 0 Å². The number of rotatable bonds is 5. The molecular weight excluding hydrogens is 221 g/mol. The van der Waals surface area contributed by atoms with E-state index in [1.165, 1.54) is 18.2 Å². The van der Waals surface area contributed by atoms with E-state index in [0.717, 1.165) is 0 Å². The van der Waals surface area contributed by atoms with E-state index >= 15 is 0 Å². The molecule has 4 heteroatoms. The smallest absolute Gasteiger partial charge is 0.251 e. The number of hydrogen-bond donors (Lipinski definition) is 2. The van der Waals surface area contributed by atoms with Gasteiger partial charge in [-0.2, -0.15) is 0 Å². The van der Waals surface area contributed by atoms with Crippen LogP contribution in [0, 0.1) is 11.7 Å². The van der Waals surface area contributed by atoms with Crippen LogP contribution in [-0.4, -0.2) is 23.7 Å². The fourth-order valence-corrected chi connectivity index (χ4v) is 1.59. The van der Waals surface area contributed by atoms with Crippen molar-refractivity contribution in [2.45, 2.75) is 26.3 Å². The topological polar surface area (TPSA) is 49.3 Å². The molecule has 17 heavy (non-hydrogen) atoms. The highest BCUT2D eigenvalue weighted by atomic mass is 19.1. The van der Waals surface area contributed by atoms with E-state index < -0.39 is 5.82 Å². The highest BCUT2D eigenvalue weighted by Gasteiger charge is 2.16. The number of amides is 1. The average Bonchev–Trinajstić information content (AvgIpc) is 2.28. The predicted octanol–water partition coefficient (Wildman–Crippen LogP) is 1.96. The van der Waals surface area contributed by atoms with E-state index in [2.05, 4.69) is 5.32 Å². The molecule has 1 unspecified atom stereocenters. The summed E-state index contributed by atoms with van der Waals surface area (Å²) in [4.78, 5) is 11.8. The molecule has 0 aliphatic heterocycles. The second-order valence-electron chi connectivity index (χ2n) is 4.35. The van der Waals surface area contributed by atoms with Gasteiger partial charge in [0.2, 0.25) is 0 Å². The summed E-state index contributed by atoms with van der Waals surface area (Å²) < 4.78 is 13.0. The van der Waals surface area contributed by atoms with Crippen LogP contribution in [0.15, 0.2) is 24.3 Å². The van der Waals surface area contributed by atoms with E-state index in [4.69, 9.17) is 5.11 Å². The van der Waals surface area contributed by atoms with Gasteiger partial charge in [0, 0.05) is 18.2 Å². The Kier molecular flexibility index (Phi) is 5.10. The molecule has 0 spiro atoms. The zero-order valence-electron chi connectivity index (χ0n) is 10.1. The first-order chi connectivity index (χ1) is 8.04. The number of hydrogen-bond acceptors (Lipinski definition) is 2. The molecule has 0 saturated heterocycles.